The van der Waals surface area contributed by atoms with Gasteiger partial charge in [0, 0.05) is 49.7 Å². The second-order valence-electron chi connectivity index (χ2n) is 10.1. The summed E-state index contributed by atoms with van der Waals surface area (Å²) >= 11 is 0. The van der Waals surface area contributed by atoms with Crippen molar-refractivity contribution >= 4 is 11.6 Å². The largest absolute Gasteiger partial charge is 0.472 e. The number of hydrogen-bond acceptors (Lipinski definition) is 5. The summed E-state index contributed by atoms with van der Waals surface area (Å²) in [5.74, 6) is 0.810. The van der Waals surface area contributed by atoms with Gasteiger partial charge in [-0.25, -0.2) is 18.8 Å². The van der Waals surface area contributed by atoms with Gasteiger partial charge in [0.15, 0.2) is 6.61 Å². The highest BCUT2D eigenvalue weighted by atomic mass is 19.3. The van der Waals surface area contributed by atoms with Crippen molar-refractivity contribution in [3.8, 4) is 5.88 Å². The van der Waals surface area contributed by atoms with E-state index in [-0.39, 0.29) is 11.8 Å². The van der Waals surface area contributed by atoms with E-state index < -0.39 is 13.0 Å². The highest BCUT2D eigenvalue weighted by Gasteiger charge is 2.54. The number of amides is 1. The van der Waals surface area contributed by atoms with Gasteiger partial charge >= 0.3 is 0 Å². The zero-order valence-corrected chi connectivity index (χ0v) is 20.2. The van der Waals surface area contributed by atoms with Gasteiger partial charge in [0.1, 0.15) is 0 Å². The minimum absolute atomic E-state index is 0.172. The first kappa shape index (κ1) is 24.0. The lowest BCUT2D eigenvalue weighted by molar-refractivity contribution is 0.0794. The SMILES string of the molecule is Cc1ncccc1C(=O)N=C1CCC2(CC1)C[C@H]2CN1CCc2ccc(OCC(F)F)nc2CC1. The standard InChI is InChI=1S/C27H32F2N4O2/c1-18-22(3-2-12-30-18)26(34)31-21-6-10-27(11-7-21)15-20(27)16-33-13-8-19-4-5-25(35-17-24(28)29)32-23(19)9-14-33/h2-5,12,20,24H,6-11,13-17H2,1H3/t20-,27?/m0/s1. The van der Waals surface area contributed by atoms with Crippen molar-refractivity contribution < 1.29 is 18.3 Å². The van der Waals surface area contributed by atoms with Crippen LogP contribution in [0.15, 0.2) is 35.5 Å². The molecule has 2 saturated carbocycles. The smallest absolute Gasteiger partial charge is 0.278 e. The van der Waals surface area contributed by atoms with Gasteiger partial charge in [0.2, 0.25) is 5.88 Å². The fourth-order valence-electron chi connectivity index (χ4n) is 5.70. The number of rotatable bonds is 6. The van der Waals surface area contributed by atoms with E-state index in [1.807, 2.05) is 13.0 Å². The van der Waals surface area contributed by atoms with Gasteiger partial charge in [-0.05, 0) is 74.5 Å². The van der Waals surface area contributed by atoms with Crippen LogP contribution in [-0.4, -0.2) is 59.2 Å². The van der Waals surface area contributed by atoms with E-state index in [0.717, 1.165) is 75.3 Å². The van der Waals surface area contributed by atoms with Gasteiger partial charge in [-0.2, -0.15) is 0 Å². The van der Waals surface area contributed by atoms with Crippen molar-refractivity contribution in [2.24, 2.45) is 16.3 Å². The first-order valence-electron chi connectivity index (χ1n) is 12.6. The van der Waals surface area contributed by atoms with Crippen molar-refractivity contribution in [1.82, 2.24) is 14.9 Å². The van der Waals surface area contributed by atoms with E-state index in [0.29, 0.717) is 16.9 Å². The number of carbonyl (C=O) groups excluding carboxylic acids is 1. The molecule has 8 heteroatoms. The molecular weight excluding hydrogens is 450 g/mol. The summed E-state index contributed by atoms with van der Waals surface area (Å²) in [7, 11) is 0. The second kappa shape index (κ2) is 10.1. The number of ether oxygens (including phenoxy) is 1. The number of aromatic nitrogens is 2. The number of aliphatic imine (C=N–C) groups is 1. The van der Waals surface area contributed by atoms with Crippen LogP contribution < -0.4 is 4.74 Å². The lowest BCUT2D eigenvalue weighted by Gasteiger charge is -2.26. The minimum atomic E-state index is -2.50. The molecule has 3 aliphatic rings. The molecule has 5 rings (SSSR count). The van der Waals surface area contributed by atoms with E-state index in [2.05, 4.69) is 19.9 Å². The monoisotopic (exact) mass is 482 g/mol. The molecule has 186 valence electrons. The molecule has 2 fully saturated rings. The summed E-state index contributed by atoms with van der Waals surface area (Å²) < 4.78 is 30.0. The summed E-state index contributed by atoms with van der Waals surface area (Å²) in [5, 5.41) is 0. The van der Waals surface area contributed by atoms with Crippen molar-refractivity contribution in [3.63, 3.8) is 0 Å². The predicted molar refractivity (Wildman–Crippen MR) is 129 cm³/mol. The molecule has 1 atom stereocenters. The van der Waals surface area contributed by atoms with Crippen molar-refractivity contribution in [2.45, 2.75) is 58.3 Å². The molecule has 35 heavy (non-hydrogen) atoms. The van der Waals surface area contributed by atoms with Crippen molar-refractivity contribution in [3.05, 3.63) is 53.0 Å². The van der Waals surface area contributed by atoms with Gasteiger partial charge in [-0.3, -0.25) is 9.78 Å². The van der Waals surface area contributed by atoms with Crippen molar-refractivity contribution in [1.29, 1.82) is 0 Å². The third-order valence-electron chi connectivity index (χ3n) is 7.92. The molecule has 1 amide bonds. The van der Waals surface area contributed by atoms with E-state index in [9.17, 15) is 13.6 Å². The Bertz CT molecular complexity index is 1110. The van der Waals surface area contributed by atoms with Gasteiger partial charge in [-0.1, -0.05) is 6.07 Å². The number of fused-ring (bicyclic) bond motifs is 1. The fraction of sp³-hybridized carbons (Fsp3) is 0.556. The Kier molecular flexibility index (Phi) is 6.91. The third-order valence-corrected chi connectivity index (χ3v) is 7.92. The van der Waals surface area contributed by atoms with Gasteiger partial charge in [0.05, 0.1) is 11.3 Å². The van der Waals surface area contributed by atoms with Crippen LogP contribution in [0.1, 0.15) is 59.4 Å². The van der Waals surface area contributed by atoms with Crippen LogP contribution in [0.2, 0.25) is 0 Å². The Morgan fingerprint density at radius 1 is 1.20 bits per heavy atom. The first-order valence-corrected chi connectivity index (χ1v) is 12.6. The van der Waals surface area contributed by atoms with E-state index >= 15 is 0 Å². The second-order valence-corrected chi connectivity index (χ2v) is 10.1. The lowest BCUT2D eigenvalue weighted by Crippen LogP contribution is -2.30. The molecule has 1 spiro atoms. The average molecular weight is 483 g/mol. The Balaban J connectivity index is 1.12. The van der Waals surface area contributed by atoms with E-state index in [4.69, 9.17) is 4.74 Å². The normalized spacial score (nSPS) is 24.2. The zero-order chi connectivity index (χ0) is 24.4. The molecule has 0 bridgehead atoms. The summed E-state index contributed by atoms with van der Waals surface area (Å²) in [4.78, 5) is 28.2. The number of carbonyl (C=O) groups is 1. The third kappa shape index (κ3) is 5.58. The Hall–Kier alpha value is -2.74. The number of halogens is 2. The zero-order valence-electron chi connectivity index (χ0n) is 20.2. The molecule has 3 heterocycles. The Labute approximate surface area is 204 Å². The van der Waals surface area contributed by atoms with Crippen LogP contribution in [-0.2, 0) is 12.8 Å². The molecule has 0 unspecified atom stereocenters. The maximum atomic E-state index is 12.6. The van der Waals surface area contributed by atoms with Crippen molar-refractivity contribution in [2.75, 3.05) is 26.2 Å². The highest BCUT2D eigenvalue weighted by molar-refractivity contribution is 6.04. The molecule has 0 N–H and O–H groups in total. The molecule has 0 saturated heterocycles. The topological polar surface area (TPSA) is 67.7 Å². The number of aryl methyl sites for hydroxylation is 1. The highest BCUT2D eigenvalue weighted by Crippen LogP contribution is 2.61. The number of pyridine rings is 2. The molecule has 0 aromatic carbocycles. The molecule has 2 aromatic rings. The number of nitrogens with zero attached hydrogens (tertiary/aromatic N) is 4. The van der Waals surface area contributed by atoms with Crippen LogP contribution >= 0.6 is 0 Å². The summed E-state index contributed by atoms with van der Waals surface area (Å²) in [6.45, 7) is 4.23. The number of alkyl halides is 2. The predicted octanol–water partition coefficient (Wildman–Crippen LogP) is 4.69. The Morgan fingerprint density at radius 2 is 2.00 bits per heavy atom. The van der Waals surface area contributed by atoms with Crippen LogP contribution in [0.25, 0.3) is 0 Å². The molecule has 1 aliphatic heterocycles. The fourth-order valence-corrected chi connectivity index (χ4v) is 5.70. The lowest BCUT2D eigenvalue weighted by atomic mass is 9.83. The molecule has 2 aliphatic carbocycles. The summed E-state index contributed by atoms with van der Waals surface area (Å²) in [6.07, 6.45) is 6.20. The Morgan fingerprint density at radius 3 is 2.77 bits per heavy atom. The minimum Gasteiger partial charge on any atom is -0.472 e. The molecule has 6 nitrogen and oxygen atoms in total. The maximum Gasteiger partial charge on any atom is 0.278 e. The van der Waals surface area contributed by atoms with Crippen LogP contribution in [0.4, 0.5) is 8.78 Å². The molecular formula is C27H32F2N4O2. The average Bonchev–Trinajstić information content (AvgIpc) is 3.56. The summed E-state index contributed by atoms with van der Waals surface area (Å²) in [5.41, 5.74) is 4.90. The van der Waals surface area contributed by atoms with Gasteiger partial charge in [-0.15, -0.1) is 0 Å². The number of hydrogen-bond donors (Lipinski definition) is 0. The molecule has 0 radical (unpaired) electrons. The van der Waals surface area contributed by atoms with Gasteiger partial charge in [0.25, 0.3) is 12.3 Å². The van der Waals surface area contributed by atoms with E-state index in [1.165, 1.54) is 12.0 Å². The first-order chi connectivity index (χ1) is 16.9. The van der Waals surface area contributed by atoms with Gasteiger partial charge < -0.3 is 9.64 Å². The van der Waals surface area contributed by atoms with Crippen LogP contribution in [0.5, 0.6) is 5.88 Å². The summed E-state index contributed by atoms with van der Waals surface area (Å²) in [6, 6.07) is 7.25. The maximum absolute atomic E-state index is 12.6. The van der Waals surface area contributed by atoms with E-state index in [1.54, 1.807) is 24.4 Å². The quantitative estimate of drug-likeness (QED) is 0.598. The van der Waals surface area contributed by atoms with Crippen LogP contribution in [0, 0.1) is 18.3 Å². The van der Waals surface area contributed by atoms with Crippen LogP contribution in [0.3, 0.4) is 0 Å². The molecule has 2 aromatic heterocycles.